The summed E-state index contributed by atoms with van der Waals surface area (Å²) >= 11 is 0. The third-order valence-corrected chi connectivity index (χ3v) is 4.80. The number of rotatable bonds is 5. The second-order valence-electron chi connectivity index (χ2n) is 6.85. The quantitative estimate of drug-likeness (QED) is 0.832. The highest BCUT2D eigenvalue weighted by Crippen LogP contribution is 2.22. The van der Waals surface area contributed by atoms with E-state index in [1.54, 1.807) is 6.20 Å². The van der Waals surface area contributed by atoms with Gasteiger partial charge >= 0.3 is 0 Å². The molecule has 0 N–H and O–H groups in total. The van der Waals surface area contributed by atoms with Crippen LogP contribution in [0.1, 0.15) is 31.2 Å². The van der Waals surface area contributed by atoms with Crippen molar-refractivity contribution < 1.29 is 9.53 Å². The van der Waals surface area contributed by atoms with Crippen LogP contribution in [0.3, 0.4) is 0 Å². The lowest BCUT2D eigenvalue weighted by Crippen LogP contribution is -2.41. The van der Waals surface area contributed by atoms with Gasteiger partial charge in [0.25, 0.3) is 5.91 Å². The molecule has 3 rings (SSSR count). The number of aromatic nitrogens is 1. The molecule has 2 aliphatic rings. The fraction of sp³-hybridized carbons (Fsp3) is 0.667. The molecule has 1 aromatic heterocycles. The second kappa shape index (κ2) is 7.88. The minimum atomic E-state index is -0.185. The van der Waals surface area contributed by atoms with Crippen LogP contribution in [0.5, 0.6) is 0 Å². The summed E-state index contributed by atoms with van der Waals surface area (Å²) < 4.78 is 5.64. The molecule has 2 fully saturated rings. The predicted molar refractivity (Wildman–Crippen MR) is 88.8 cm³/mol. The predicted octanol–water partition coefficient (Wildman–Crippen LogP) is 1.93. The molecule has 5 nitrogen and oxygen atoms in total. The largest absolute Gasteiger partial charge is 0.368 e. The molecule has 2 atom stereocenters. The Hall–Kier alpha value is -1.46. The van der Waals surface area contributed by atoms with Gasteiger partial charge in [0.2, 0.25) is 0 Å². The maximum Gasteiger partial charge on any atom is 0.251 e. The first kappa shape index (κ1) is 16.4. The van der Waals surface area contributed by atoms with Crippen molar-refractivity contribution >= 4 is 5.91 Å². The number of carbonyl (C=O) groups is 1. The van der Waals surface area contributed by atoms with Crippen molar-refractivity contribution in [3.8, 4) is 0 Å². The number of ether oxygens (including phenoxy) is 1. The normalized spacial score (nSPS) is 25.0. The molecule has 0 saturated carbocycles. The van der Waals surface area contributed by atoms with Gasteiger partial charge in [0, 0.05) is 45.2 Å². The van der Waals surface area contributed by atoms with Gasteiger partial charge in [-0.3, -0.25) is 9.78 Å². The van der Waals surface area contributed by atoms with E-state index >= 15 is 0 Å². The zero-order valence-electron chi connectivity index (χ0n) is 14.0. The zero-order valence-corrected chi connectivity index (χ0v) is 14.0. The number of amides is 1. The molecule has 0 unspecified atom stereocenters. The molecule has 0 radical (unpaired) electrons. The summed E-state index contributed by atoms with van der Waals surface area (Å²) in [6.45, 7) is 4.41. The lowest BCUT2D eigenvalue weighted by atomic mass is 10.1. The van der Waals surface area contributed by atoms with Gasteiger partial charge < -0.3 is 14.5 Å². The fourth-order valence-corrected chi connectivity index (χ4v) is 3.63. The first-order valence-electron chi connectivity index (χ1n) is 8.70. The molecular weight excluding hydrogens is 290 g/mol. The van der Waals surface area contributed by atoms with E-state index in [4.69, 9.17) is 4.74 Å². The Morgan fingerprint density at radius 3 is 3.09 bits per heavy atom. The first-order valence-corrected chi connectivity index (χ1v) is 8.70. The van der Waals surface area contributed by atoms with Gasteiger partial charge in [0.15, 0.2) is 0 Å². The highest BCUT2D eigenvalue weighted by atomic mass is 16.5. The van der Waals surface area contributed by atoms with Crippen LogP contribution < -0.4 is 0 Å². The SMILES string of the molecule is CN(Cc1cccnc1)C[C@@H]1CCN(C(=O)[C@@H]2CCCCO2)C1. The maximum absolute atomic E-state index is 12.5. The minimum Gasteiger partial charge on any atom is -0.368 e. The lowest BCUT2D eigenvalue weighted by Gasteiger charge is -2.27. The number of hydrogen-bond acceptors (Lipinski definition) is 4. The summed E-state index contributed by atoms with van der Waals surface area (Å²) in [6.07, 6.45) is 7.72. The van der Waals surface area contributed by atoms with Gasteiger partial charge in [0.1, 0.15) is 6.10 Å². The van der Waals surface area contributed by atoms with E-state index in [9.17, 15) is 4.79 Å². The fourth-order valence-electron chi connectivity index (χ4n) is 3.63. The molecule has 0 aromatic carbocycles. The van der Waals surface area contributed by atoms with Crippen LogP contribution in [-0.4, -0.2) is 60.1 Å². The summed E-state index contributed by atoms with van der Waals surface area (Å²) in [5.74, 6) is 0.770. The third kappa shape index (κ3) is 4.52. The molecule has 2 saturated heterocycles. The van der Waals surface area contributed by atoms with E-state index in [1.807, 2.05) is 17.2 Å². The Kier molecular flexibility index (Phi) is 5.62. The van der Waals surface area contributed by atoms with Gasteiger partial charge in [-0.25, -0.2) is 0 Å². The van der Waals surface area contributed by atoms with Crippen molar-refractivity contribution in [2.75, 3.05) is 33.3 Å². The van der Waals surface area contributed by atoms with Crippen LogP contribution in [0.15, 0.2) is 24.5 Å². The monoisotopic (exact) mass is 317 g/mol. The summed E-state index contributed by atoms with van der Waals surface area (Å²) in [4.78, 5) is 21.0. The van der Waals surface area contributed by atoms with Crippen molar-refractivity contribution in [2.45, 2.75) is 38.3 Å². The van der Waals surface area contributed by atoms with Crippen molar-refractivity contribution in [2.24, 2.45) is 5.92 Å². The Labute approximate surface area is 138 Å². The van der Waals surface area contributed by atoms with E-state index in [0.29, 0.717) is 5.92 Å². The lowest BCUT2D eigenvalue weighted by molar-refractivity contribution is -0.145. The van der Waals surface area contributed by atoms with E-state index in [2.05, 4.69) is 23.0 Å². The zero-order chi connectivity index (χ0) is 16.1. The van der Waals surface area contributed by atoms with E-state index in [0.717, 1.165) is 58.5 Å². The average molecular weight is 317 g/mol. The molecule has 5 heteroatoms. The Bertz CT molecular complexity index is 502. The van der Waals surface area contributed by atoms with Crippen molar-refractivity contribution in [1.82, 2.24) is 14.8 Å². The summed E-state index contributed by atoms with van der Waals surface area (Å²) in [5, 5.41) is 0. The molecule has 1 aromatic rings. The molecule has 0 bridgehead atoms. The molecule has 1 amide bonds. The minimum absolute atomic E-state index is 0.185. The van der Waals surface area contributed by atoms with Crippen molar-refractivity contribution in [1.29, 1.82) is 0 Å². The van der Waals surface area contributed by atoms with Crippen LogP contribution in [0.25, 0.3) is 0 Å². The average Bonchev–Trinajstić information content (AvgIpc) is 3.04. The van der Waals surface area contributed by atoms with Gasteiger partial charge in [-0.1, -0.05) is 6.07 Å². The van der Waals surface area contributed by atoms with E-state index in [1.165, 1.54) is 5.56 Å². The molecule has 2 aliphatic heterocycles. The smallest absolute Gasteiger partial charge is 0.251 e. The van der Waals surface area contributed by atoms with Gasteiger partial charge in [0.05, 0.1) is 0 Å². The van der Waals surface area contributed by atoms with Crippen molar-refractivity contribution in [3.05, 3.63) is 30.1 Å². The molecule has 3 heterocycles. The van der Waals surface area contributed by atoms with Crippen LogP contribution in [0.4, 0.5) is 0 Å². The van der Waals surface area contributed by atoms with Crippen LogP contribution >= 0.6 is 0 Å². The topological polar surface area (TPSA) is 45.7 Å². The van der Waals surface area contributed by atoms with Gasteiger partial charge in [-0.15, -0.1) is 0 Å². The van der Waals surface area contributed by atoms with Crippen molar-refractivity contribution in [3.63, 3.8) is 0 Å². The van der Waals surface area contributed by atoms with Gasteiger partial charge in [-0.05, 0) is 50.3 Å². The molecule has 0 aliphatic carbocycles. The third-order valence-electron chi connectivity index (χ3n) is 4.80. The second-order valence-corrected chi connectivity index (χ2v) is 6.85. The highest BCUT2D eigenvalue weighted by Gasteiger charge is 2.32. The molecular formula is C18H27N3O2. The summed E-state index contributed by atoms with van der Waals surface area (Å²) in [7, 11) is 2.14. The van der Waals surface area contributed by atoms with Crippen LogP contribution in [0.2, 0.25) is 0 Å². The highest BCUT2D eigenvalue weighted by molar-refractivity contribution is 5.81. The summed E-state index contributed by atoms with van der Waals surface area (Å²) in [5.41, 5.74) is 1.23. The molecule has 23 heavy (non-hydrogen) atoms. The number of likely N-dealkylation sites (tertiary alicyclic amines) is 1. The number of nitrogens with zero attached hydrogens (tertiary/aromatic N) is 3. The van der Waals surface area contributed by atoms with Crippen LogP contribution in [0, 0.1) is 5.92 Å². The number of hydrogen-bond donors (Lipinski definition) is 0. The number of carbonyl (C=O) groups excluding carboxylic acids is 1. The Balaban J connectivity index is 1.45. The van der Waals surface area contributed by atoms with E-state index in [-0.39, 0.29) is 12.0 Å². The Morgan fingerprint density at radius 2 is 2.35 bits per heavy atom. The first-order chi connectivity index (χ1) is 11.2. The standard InChI is InChI=1S/C18H27N3O2/c1-20(12-15-5-4-8-19-11-15)13-16-7-9-21(14-16)18(22)17-6-2-3-10-23-17/h4-5,8,11,16-17H,2-3,6-7,9-10,12-14H2,1H3/t16-,17-/m0/s1. The molecule has 0 spiro atoms. The maximum atomic E-state index is 12.5. The molecule has 126 valence electrons. The van der Waals surface area contributed by atoms with E-state index < -0.39 is 0 Å². The summed E-state index contributed by atoms with van der Waals surface area (Å²) in [6, 6.07) is 4.08. The van der Waals surface area contributed by atoms with Crippen LogP contribution in [-0.2, 0) is 16.1 Å². The van der Waals surface area contributed by atoms with Gasteiger partial charge in [-0.2, -0.15) is 0 Å². The number of pyridine rings is 1. The Morgan fingerprint density at radius 1 is 1.43 bits per heavy atom.